The average Bonchev–Trinajstić information content (AvgIpc) is 2.86. The highest BCUT2D eigenvalue weighted by Crippen LogP contribution is 2.56. The minimum Gasteiger partial charge on any atom is -0.444 e. The molecule has 4 heteroatoms. The van der Waals surface area contributed by atoms with E-state index in [1.54, 1.807) is 0 Å². The van der Waals surface area contributed by atoms with Gasteiger partial charge in [0.2, 0.25) is 0 Å². The molecule has 0 aromatic carbocycles. The van der Waals surface area contributed by atoms with E-state index in [-0.39, 0.29) is 11.5 Å². The molecule has 3 unspecified atom stereocenters. The van der Waals surface area contributed by atoms with Crippen LogP contribution in [0.2, 0.25) is 0 Å². The molecule has 2 fully saturated rings. The molecule has 3 rings (SSSR count). The van der Waals surface area contributed by atoms with Gasteiger partial charge in [0.15, 0.2) is 0 Å². The van der Waals surface area contributed by atoms with E-state index in [0.29, 0.717) is 24.2 Å². The van der Waals surface area contributed by atoms with Crippen LogP contribution in [0, 0.1) is 17.3 Å². The number of carbonyl (C=O) groups is 2. The lowest BCUT2D eigenvalue weighted by Gasteiger charge is -2.43. The molecule has 0 N–H and O–H groups in total. The summed E-state index contributed by atoms with van der Waals surface area (Å²) in [5, 5.41) is 0. The van der Waals surface area contributed by atoms with Crippen molar-refractivity contribution in [1.29, 1.82) is 0 Å². The van der Waals surface area contributed by atoms with Crippen LogP contribution in [0.15, 0.2) is 11.6 Å². The number of amides is 1. The van der Waals surface area contributed by atoms with Gasteiger partial charge in [-0.15, -0.1) is 0 Å². The van der Waals surface area contributed by atoms with Gasteiger partial charge in [0, 0.05) is 19.5 Å². The van der Waals surface area contributed by atoms with Gasteiger partial charge in [-0.05, 0) is 71.1 Å². The second kappa shape index (κ2) is 6.77. The Hall–Kier alpha value is -1.32. The number of hydrogen-bond acceptors (Lipinski definition) is 3. The number of rotatable bonds is 0. The molecule has 1 spiro atoms. The Bertz CT molecular complexity index is 574. The summed E-state index contributed by atoms with van der Waals surface area (Å²) in [5.74, 6) is 1.47. The molecule has 1 saturated carbocycles. The molecule has 0 aromatic rings. The average molecular weight is 347 g/mol. The maximum Gasteiger partial charge on any atom is 0.410 e. The standard InChI is InChI=1S/C21H33NO3/c1-15-13-17-9-8-16-7-5-11-22(19(24)25-20(2,3)4)12-6-10-21(16,17)18(23)14-15/h8,15,17H,5-7,9-14H2,1-4H3. The largest absolute Gasteiger partial charge is 0.444 e. The smallest absolute Gasteiger partial charge is 0.410 e. The van der Waals surface area contributed by atoms with E-state index < -0.39 is 5.60 Å². The van der Waals surface area contributed by atoms with Crippen LogP contribution in [-0.2, 0) is 9.53 Å². The van der Waals surface area contributed by atoms with Crippen LogP contribution in [0.1, 0.15) is 72.6 Å². The van der Waals surface area contributed by atoms with Crippen LogP contribution in [0.25, 0.3) is 0 Å². The maximum absolute atomic E-state index is 13.1. The van der Waals surface area contributed by atoms with Gasteiger partial charge in [0.05, 0.1) is 5.41 Å². The Morgan fingerprint density at radius 3 is 2.72 bits per heavy atom. The van der Waals surface area contributed by atoms with Gasteiger partial charge in [0.1, 0.15) is 11.4 Å². The molecule has 3 aliphatic rings. The summed E-state index contributed by atoms with van der Waals surface area (Å²) in [7, 11) is 0. The lowest BCUT2D eigenvalue weighted by atomic mass is 9.59. The molecule has 2 aliphatic carbocycles. The Labute approximate surface area is 152 Å². The van der Waals surface area contributed by atoms with Crippen molar-refractivity contribution >= 4 is 11.9 Å². The summed E-state index contributed by atoms with van der Waals surface area (Å²) < 4.78 is 5.55. The van der Waals surface area contributed by atoms with Crippen LogP contribution in [0.3, 0.4) is 0 Å². The van der Waals surface area contributed by atoms with Crippen molar-refractivity contribution in [2.45, 2.75) is 78.2 Å². The van der Waals surface area contributed by atoms with E-state index in [4.69, 9.17) is 4.74 Å². The summed E-state index contributed by atoms with van der Waals surface area (Å²) >= 11 is 0. The first-order chi connectivity index (χ1) is 11.7. The first-order valence-corrected chi connectivity index (χ1v) is 9.93. The molecule has 3 atom stereocenters. The summed E-state index contributed by atoms with van der Waals surface area (Å²) in [5.41, 5.74) is 0.699. The van der Waals surface area contributed by atoms with Crippen molar-refractivity contribution in [3.8, 4) is 0 Å². The molecule has 140 valence electrons. The van der Waals surface area contributed by atoms with Gasteiger partial charge < -0.3 is 9.64 Å². The van der Waals surface area contributed by atoms with Crippen LogP contribution in [-0.4, -0.2) is 35.5 Å². The fourth-order valence-corrected chi connectivity index (χ4v) is 5.16. The van der Waals surface area contributed by atoms with E-state index in [9.17, 15) is 9.59 Å². The quantitative estimate of drug-likeness (QED) is 0.595. The van der Waals surface area contributed by atoms with Crippen molar-refractivity contribution in [2.75, 3.05) is 13.1 Å². The summed E-state index contributed by atoms with van der Waals surface area (Å²) in [6.07, 6.45) is 8.74. The molecule has 0 aromatic heterocycles. The summed E-state index contributed by atoms with van der Waals surface area (Å²) in [4.78, 5) is 27.4. The first-order valence-electron chi connectivity index (χ1n) is 9.93. The number of Topliss-reactive ketones (excluding diaryl/α,β-unsaturated/α-hetero) is 1. The second-order valence-electron chi connectivity index (χ2n) is 9.28. The molecule has 1 aliphatic heterocycles. The van der Waals surface area contributed by atoms with Crippen LogP contribution in [0.4, 0.5) is 4.79 Å². The SMILES string of the molecule is CC1CC(=O)C23CCCN(C(=O)OC(C)(C)C)CCCC2=CCC3C1. The number of ketones is 1. The summed E-state index contributed by atoms with van der Waals surface area (Å²) in [6.45, 7) is 9.34. The molecule has 1 saturated heterocycles. The van der Waals surface area contributed by atoms with Crippen LogP contribution < -0.4 is 0 Å². The zero-order valence-electron chi connectivity index (χ0n) is 16.3. The molecule has 1 amide bonds. The van der Waals surface area contributed by atoms with Gasteiger partial charge in [-0.2, -0.15) is 0 Å². The fourth-order valence-electron chi connectivity index (χ4n) is 5.16. The molecule has 0 radical (unpaired) electrons. The molecule has 25 heavy (non-hydrogen) atoms. The Morgan fingerprint density at radius 1 is 1.28 bits per heavy atom. The monoisotopic (exact) mass is 347 g/mol. The summed E-state index contributed by atoms with van der Waals surface area (Å²) in [6, 6.07) is 0. The fraction of sp³-hybridized carbons (Fsp3) is 0.810. The highest BCUT2D eigenvalue weighted by atomic mass is 16.6. The number of carbonyl (C=O) groups excluding carboxylic acids is 2. The number of ether oxygens (including phenoxy) is 1. The minimum absolute atomic E-state index is 0.212. The normalized spacial score (nSPS) is 33.5. The van der Waals surface area contributed by atoms with Crippen molar-refractivity contribution in [3.63, 3.8) is 0 Å². The van der Waals surface area contributed by atoms with Gasteiger partial charge in [0.25, 0.3) is 0 Å². The van der Waals surface area contributed by atoms with E-state index in [1.807, 2.05) is 25.7 Å². The highest BCUT2D eigenvalue weighted by Gasteiger charge is 2.52. The number of allylic oxidation sites excluding steroid dienone is 2. The number of hydrogen-bond donors (Lipinski definition) is 0. The highest BCUT2D eigenvalue weighted by molar-refractivity contribution is 5.90. The van der Waals surface area contributed by atoms with Gasteiger partial charge >= 0.3 is 6.09 Å². The van der Waals surface area contributed by atoms with E-state index in [1.165, 1.54) is 12.0 Å². The van der Waals surface area contributed by atoms with Gasteiger partial charge in [-0.25, -0.2) is 4.79 Å². The first kappa shape index (κ1) is 18.5. The minimum atomic E-state index is -0.464. The zero-order valence-corrected chi connectivity index (χ0v) is 16.3. The van der Waals surface area contributed by atoms with Crippen molar-refractivity contribution in [1.82, 2.24) is 4.90 Å². The topological polar surface area (TPSA) is 46.6 Å². The lowest BCUT2D eigenvalue weighted by Crippen LogP contribution is -2.43. The molecular weight excluding hydrogens is 314 g/mol. The lowest BCUT2D eigenvalue weighted by molar-refractivity contribution is -0.134. The molecule has 0 bridgehead atoms. The van der Waals surface area contributed by atoms with Crippen molar-refractivity contribution in [3.05, 3.63) is 11.6 Å². The number of nitrogens with zero attached hydrogens (tertiary/aromatic N) is 1. The predicted molar refractivity (Wildman–Crippen MR) is 98.3 cm³/mol. The third-order valence-electron chi connectivity index (χ3n) is 6.16. The third kappa shape index (κ3) is 3.63. The second-order valence-corrected chi connectivity index (χ2v) is 9.28. The Kier molecular flexibility index (Phi) is 5.00. The Morgan fingerprint density at radius 2 is 2.00 bits per heavy atom. The van der Waals surface area contributed by atoms with Gasteiger partial charge in [-0.3, -0.25) is 4.79 Å². The van der Waals surface area contributed by atoms with E-state index in [2.05, 4.69) is 13.0 Å². The zero-order chi connectivity index (χ0) is 18.2. The van der Waals surface area contributed by atoms with E-state index >= 15 is 0 Å². The Balaban J connectivity index is 1.74. The predicted octanol–water partition coefficient (Wildman–Crippen LogP) is 4.73. The van der Waals surface area contributed by atoms with Gasteiger partial charge in [-0.1, -0.05) is 18.6 Å². The van der Waals surface area contributed by atoms with Crippen LogP contribution in [0.5, 0.6) is 0 Å². The van der Waals surface area contributed by atoms with Crippen LogP contribution >= 0.6 is 0 Å². The third-order valence-corrected chi connectivity index (χ3v) is 6.16. The van der Waals surface area contributed by atoms with Crippen molar-refractivity contribution in [2.24, 2.45) is 17.3 Å². The maximum atomic E-state index is 13.1. The van der Waals surface area contributed by atoms with E-state index in [0.717, 1.165) is 45.1 Å². The molecule has 1 heterocycles. The molecule has 4 nitrogen and oxygen atoms in total. The molecular formula is C21H33NO3. The van der Waals surface area contributed by atoms with Crippen molar-refractivity contribution < 1.29 is 14.3 Å².